The Kier molecular flexibility index (Phi) is 14.6. The van der Waals surface area contributed by atoms with Gasteiger partial charge in [-0.2, -0.15) is 4.39 Å². The van der Waals surface area contributed by atoms with Gasteiger partial charge in [-0.05, 0) is 87.3 Å². The van der Waals surface area contributed by atoms with Crippen molar-refractivity contribution in [2.75, 3.05) is 55.2 Å². The van der Waals surface area contributed by atoms with Gasteiger partial charge in [0.05, 0.1) is 40.2 Å². The zero-order valence-electron chi connectivity index (χ0n) is 37.4. The lowest BCUT2D eigenvalue weighted by molar-refractivity contribution is -0.139. The Morgan fingerprint density at radius 3 is 2.36 bits per heavy atom. The molecule has 4 aliphatic rings. The molecule has 2 saturated heterocycles. The fourth-order valence-corrected chi connectivity index (χ4v) is 12.4. The number of likely N-dealkylation sites (N-methyl/N-ethyl adjacent to an activating group) is 1. The van der Waals surface area contributed by atoms with Crippen molar-refractivity contribution in [1.29, 1.82) is 0 Å². The number of carbonyl (C=O) groups excluding carboxylic acids is 4. The lowest BCUT2D eigenvalue weighted by Crippen LogP contribution is -2.48. The number of piperidine rings is 1. The molecule has 67 heavy (non-hydrogen) atoms. The fraction of sp³-hybridized carbons (Fsp3) is 0.500. The van der Waals surface area contributed by atoms with Crippen molar-refractivity contribution in [3.05, 3.63) is 82.9 Å². The van der Waals surface area contributed by atoms with Crippen LogP contribution in [0.15, 0.2) is 65.4 Å². The number of hydrogen-bond acceptors (Lipinski definition) is 12. The summed E-state index contributed by atoms with van der Waals surface area (Å²) in [5.41, 5.74) is 1.61. The molecule has 1 aromatic carbocycles. The van der Waals surface area contributed by atoms with E-state index in [2.05, 4.69) is 35.6 Å². The molecular weight excluding hydrogens is 926 g/mol. The molecule has 0 radical (unpaired) electrons. The van der Waals surface area contributed by atoms with E-state index in [4.69, 9.17) is 11.6 Å². The Balaban J connectivity index is 0.754. The molecule has 0 bridgehead atoms. The van der Waals surface area contributed by atoms with E-state index in [1.165, 1.54) is 18.5 Å². The summed E-state index contributed by atoms with van der Waals surface area (Å²) in [7, 11) is -0.882. The SMILES string of the molecule is CN(CCNC(=O)C1CCC(NC(=O)C2CCC3(CC2)CCN(C(=O)[C@H]2CC(=O)N(C)[C@@H]2c2cccnc2)CC3)CC1)c1cc(F)ncc1Nc1cc(F)c(S(=O)(=O)Nc2nccs2)cc1Cl. The monoisotopic (exact) mass is 980 g/mol. The zero-order chi connectivity index (χ0) is 47.5. The molecule has 4 amide bonds. The third kappa shape index (κ3) is 11.0. The first-order valence-electron chi connectivity index (χ1n) is 22.7. The van der Waals surface area contributed by atoms with Gasteiger partial charge in [-0.3, -0.25) is 28.9 Å². The van der Waals surface area contributed by atoms with Crippen LogP contribution in [-0.2, 0) is 29.2 Å². The van der Waals surface area contributed by atoms with Crippen molar-refractivity contribution >= 4 is 78.8 Å². The van der Waals surface area contributed by atoms with Gasteiger partial charge in [-0.25, -0.2) is 22.8 Å². The average molecular weight is 982 g/mol. The van der Waals surface area contributed by atoms with E-state index in [0.29, 0.717) is 44.5 Å². The maximum absolute atomic E-state index is 15.2. The van der Waals surface area contributed by atoms with Crippen molar-refractivity contribution in [3.63, 3.8) is 0 Å². The van der Waals surface area contributed by atoms with Crippen molar-refractivity contribution in [3.8, 4) is 0 Å². The van der Waals surface area contributed by atoms with Crippen molar-refractivity contribution < 1.29 is 36.4 Å². The Morgan fingerprint density at radius 1 is 0.940 bits per heavy atom. The second-order valence-electron chi connectivity index (χ2n) is 18.3. The summed E-state index contributed by atoms with van der Waals surface area (Å²) in [6, 6.07) is 6.52. The maximum atomic E-state index is 15.2. The minimum atomic E-state index is -4.33. The van der Waals surface area contributed by atoms with Gasteiger partial charge in [0, 0.05) is 101 Å². The molecular formula is C46H55ClF2N10O6S2. The molecule has 4 fully saturated rings. The lowest BCUT2D eigenvalue weighted by atomic mass is 9.65. The van der Waals surface area contributed by atoms with Crippen molar-refractivity contribution in [1.82, 2.24) is 35.4 Å². The Bertz CT molecular complexity index is 2550. The number of amides is 4. The number of anilines is 4. The van der Waals surface area contributed by atoms with Crippen LogP contribution in [0.5, 0.6) is 0 Å². The normalized spacial score (nSPS) is 22.1. The van der Waals surface area contributed by atoms with Crippen molar-refractivity contribution in [2.45, 2.75) is 87.6 Å². The Hall–Kier alpha value is -5.47. The molecule has 2 aliphatic heterocycles. The Labute approximate surface area is 397 Å². The van der Waals surface area contributed by atoms with Crippen LogP contribution in [0.1, 0.15) is 82.2 Å². The molecule has 4 aromatic rings. The number of pyridine rings is 2. The van der Waals surface area contributed by atoms with Crippen molar-refractivity contribution in [2.24, 2.45) is 23.2 Å². The number of carbonyl (C=O) groups is 4. The summed E-state index contributed by atoms with van der Waals surface area (Å²) in [4.78, 5) is 69.7. The van der Waals surface area contributed by atoms with Gasteiger partial charge in [-0.15, -0.1) is 11.3 Å². The van der Waals surface area contributed by atoms with Gasteiger partial charge < -0.3 is 30.7 Å². The first kappa shape index (κ1) is 48.0. The predicted molar refractivity (Wildman–Crippen MR) is 250 cm³/mol. The van der Waals surface area contributed by atoms with Crippen LogP contribution >= 0.6 is 22.9 Å². The van der Waals surface area contributed by atoms with E-state index in [1.54, 1.807) is 41.7 Å². The van der Waals surface area contributed by atoms with Gasteiger partial charge in [0.25, 0.3) is 10.0 Å². The highest BCUT2D eigenvalue weighted by Gasteiger charge is 2.47. The molecule has 21 heteroatoms. The zero-order valence-corrected chi connectivity index (χ0v) is 39.7. The van der Waals surface area contributed by atoms with Crippen LogP contribution in [0, 0.1) is 34.9 Å². The number of hydrogen-bond donors (Lipinski definition) is 4. The van der Waals surface area contributed by atoms with Crippen LogP contribution in [0.25, 0.3) is 0 Å². The van der Waals surface area contributed by atoms with Gasteiger partial charge >= 0.3 is 0 Å². The third-order valence-electron chi connectivity index (χ3n) is 14.2. The third-order valence-corrected chi connectivity index (χ3v) is 16.7. The number of likely N-dealkylation sites (tertiary alicyclic amines) is 2. The summed E-state index contributed by atoms with van der Waals surface area (Å²) < 4.78 is 57.5. The summed E-state index contributed by atoms with van der Waals surface area (Å²) >= 11 is 7.44. The molecule has 4 N–H and O–H groups in total. The summed E-state index contributed by atoms with van der Waals surface area (Å²) in [5.74, 6) is -2.56. The van der Waals surface area contributed by atoms with Crippen LogP contribution in [0.2, 0.25) is 5.02 Å². The summed E-state index contributed by atoms with van der Waals surface area (Å²) in [5, 5.41) is 10.7. The number of nitrogens with zero attached hydrogens (tertiary/aromatic N) is 6. The molecule has 2 atom stereocenters. The molecule has 2 saturated carbocycles. The Morgan fingerprint density at radius 2 is 1.67 bits per heavy atom. The van der Waals surface area contributed by atoms with Gasteiger partial charge in [0.1, 0.15) is 10.7 Å². The molecule has 1 spiro atoms. The minimum Gasteiger partial charge on any atom is -0.371 e. The molecule has 3 aromatic heterocycles. The van der Waals surface area contributed by atoms with Gasteiger partial charge in [0.2, 0.25) is 29.6 Å². The number of thiazole rings is 1. The molecule has 358 valence electrons. The van der Waals surface area contributed by atoms with Crippen LogP contribution in [0.4, 0.5) is 31.0 Å². The number of halogens is 3. The van der Waals surface area contributed by atoms with Gasteiger partial charge in [-0.1, -0.05) is 17.7 Å². The van der Waals surface area contributed by atoms with Crippen LogP contribution < -0.4 is 25.6 Å². The first-order chi connectivity index (χ1) is 32.1. The minimum absolute atomic E-state index is 0.000105. The first-order valence-corrected chi connectivity index (χ1v) is 25.4. The highest BCUT2D eigenvalue weighted by molar-refractivity contribution is 7.93. The smallest absolute Gasteiger partial charge is 0.266 e. The largest absolute Gasteiger partial charge is 0.371 e. The van der Waals surface area contributed by atoms with Gasteiger partial charge in [0.15, 0.2) is 5.13 Å². The predicted octanol–water partition coefficient (Wildman–Crippen LogP) is 6.66. The number of aromatic nitrogens is 3. The molecule has 2 aliphatic carbocycles. The van der Waals surface area contributed by atoms with Crippen LogP contribution in [-0.4, -0.2) is 103 Å². The number of nitrogens with one attached hydrogen (secondary N) is 4. The van der Waals surface area contributed by atoms with E-state index in [0.717, 1.165) is 67.6 Å². The average Bonchev–Trinajstić information content (AvgIpc) is 3.94. The highest BCUT2D eigenvalue weighted by Crippen LogP contribution is 2.47. The summed E-state index contributed by atoms with van der Waals surface area (Å²) in [6.07, 6.45) is 14.2. The van der Waals surface area contributed by atoms with Crippen LogP contribution in [0.3, 0.4) is 0 Å². The fourth-order valence-electron chi connectivity index (χ4n) is 10.2. The van der Waals surface area contributed by atoms with E-state index in [9.17, 15) is 32.0 Å². The quantitative estimate of drug-likeness (QED) is 0.0987. The number of rotatable bonds is 14. The van der Waals surface area contributed by atoms with E-state index < -0.39 is 32.6 Å². The molecule has 8 rings (SSSR count). The maximum Gasteiger partial charge on any atom is 0.266 e. The van der Waals surface area contributed by atoms with E-state index in [-0.39, 0.29) is 94.0 Å². The molecule has 5 heterocycles. The second kappa shape index (κ2) is 20.4. The lowest BCUT2D eigenvalue weighted by Gasteiger charge is -2.46. The van der Waals surface area contributed by atoms with E-state index in [1.807, 2.05) is 17.0 Å². The number of sulfonamides is 1. The molecule has 16 nitrogen and oxygen atoms in total. The standard InChI is InChI=1S/C46H55ClF2N10O6S2/c1-57(37-25-39(49)53-27-36(37)55-35-24-34(48)38(23-33(35)47)67(64,65)56-45-52-17-21-66-45)20-16-51-42(61)28-5-7-31(8-6-28)54-43(62)29-9-11-46(12-10-29)13-18-59(19-14-46)44(63)32-22-40(60)58(2)41(32)30-4-3-15-50-26-30/h3-4,15,17,21,23-29,31-32,41,55H,5-14,16,18-20,22H2,1-2H3,(H,51,61)(H,52,56)(H,54,62)/t28?,31?,32-,41+/m0/s1. The van der Waals surface area contributed by atoms with E-state index >= 15 is 4.39 Å². The second-order valence-corrected chi connectivity index (χ2v) is 21.2. The number of benzene rings is 1. The summed E-state index contributed by atoms with van der Waals surface area (Å²) in [6.45, 7) is 1.83. The highest BCUT2D eigenvalue weighted by atomic mass is 35.5. The topological polar surface area (TPSA) is 199 Å². The molecule has 0 unspecified atom stereocenters.